The zero-order chi connectivity index (χ0) is 24.8. The molecule has 1 unspecified atom stereocenters. The Morgan fingerprint density at radius 1 is 1.09 bits per heavy atom. The molecular weight excluding hydrogens is 464 g/mol. The molecule has 8 nitrogen and oxygen atoms in total. The van der Waals surface area contributed by atoms with Crippen molar-refractivity contribution in [1.82, 2.24) is 20.4 Å². The van der Waals surface area contributed by atoms with Crippen molar-refractivity contribution in [2.75, 3.05) is 34.0 Å². The monoisotopic (exact) mass is 494 g/mol. The van der Waals surface area contributed by atoms with Gasteiger partial charge in [0.25, 0.3) is 5.89 Å². The smallest absolute Gasteiger partial charge is 0.258 e. The lowest BCUT2D eigenvalue weighted by atomic mass is 9.95. The summed E-state index contributed by atoms with van der Waals surface area (Å²) in [7, 11) is 3.20. The molecular formula is C26H30N4O4S. The number of hydrogen-bond donors (Lipinski definition) is 1. The predicted molar refractivity (Wildman–Crippen MR) is 138 cm³/mol. The number of nitrogens with zero attached hydrogens (tertiary/aromatic N) is 3. The Morgan fingerprint density at radius 3 is 2.57 bits per heavy atom. The van der Waals surface area contributed by atoms with Gasteiger partial charge >= 0.3 is 0 Å². The maximum Gasteiger partial charge on any atom is 0.258 e. The Balaban J connectivity index is 1.73. The third-order valence-electron chi connectivity index (χ3n) is 5.90. The molecule has 1 aliphatic heterocycles. The minimum absolute atomic E-state index is 0.217. The molecule has 184 valence electrons. The first-order chi connectivity index (χ1) is 17.1. The fourth-order valence-electron chi connectivity index (χ4n) is 4.12. The molecule has 0 spiro atoms. The molecule has 0 saturated carbocycles. The molecule has 9 heteroatoms. The van der Waals surface area contributed by atoms with Gasteiger partial charge in [-0.25, -0.2) is 0 Å². The summed E-state index contributed by atoms with van der Waals surface area (Å²) >= 11 is 5.74. The summed E-state index contributed by atoms with van der Waals surface area (Å²) in [6, 6.07) is 15.4. The van der Waals surface area contributed by atoms with Gasteiger partial charge in [-0.05, 0) is 56.2 Å². The van der Waals surface area contributed by atoms with E-state index in [2.05, 4.69) is 27.5 Å². The van der Waals surface area contributed by atoms with Gasteiger partial charge in [0.2, 0.25) is 5.82 Å². The van der Waals surface area contributed by atoms with E-state index in [1.807, 2.05) is 50.2 Å². The van der Waals surface area contributed by atoms with E-state index in [1.54, 1.807) is 14.2 Å². The normalized spacial score (nSPS) is 15.8. The SMILES string of the molecule is CCOCCCN1C(=S)NC(c2ccccc2)C(c2nc(-c3ccc(OC)c(OC)c3)no2)=C1C. The van der Waals surface area contributed by atoms with Crippen molar-refractivity contribution in [3.63, 3.8) is 0 Å². The highest BCUT2D eigenvalue weighted by atomic mass is 32.1. The molecule has 2 heterocycles. The Labute approximate surface area is 210 Å². The highest BCUT2D eigenvalue weighted by Gasteiger charge is 2.33. The van der Waals surface area contributed by atoms with Gasteiger partial charge in [-0.15, -0.1) is 0 Å². The first-order valence-electron chi connectivity index (χ1n) is 11.5. The van der Waals surface area contributed by atoms with Crippen LogP contribution in [0.15, 0.2) is 58.8 Å². The van der Waals surface area contributed by atoms with Crippen LogP contribution in [0.4, 0.5) is 0 Å². The fourth-order valence-corrected chi connectivity index (χ4v) is 4.46. The number of rotatable bonds is 10. The van der Waals surface area contributed by atoms with E-state index in [-0.39, 0.29) is 6.04 Å². The lowest BCUT2D eigenvalue weighted by Gasteiger charge is -2.37. The molecule has 1 aromatic heterocycles. The Kier molecular flexibility index (Phi) is 7.99. The Hall–Kier alpha value is -3.43. The van der Waals surface area contributed by atoms with E-state index in [4.69, 9.17) is 35.9 Å². The average molecular weight is 495 g/mol. The molecule has 35 heavy (non-hydrogen) atoms. The summed E-state index contributed by atoms with van der Waals surface area (Å²) in [5.74, 6) is 2.13. The lowest BCUT2D eigenvalue weighted by molar-refractivity contribution is 0.141. The molecule has 1 atom stereocenters. The molecule has 0 fully saturated rings. The minimum Gasteiger partial charge on any atom is -0.493 e. The summed E-state index contributed by atoms with van der Waals surface area (Å²) in [4.78, 5) is 6.84. The highest BCUT2D eigenvalue weighted by molar-refractivity contribution is 7.80. The van der Waals surface area contributed by atoms with Gasteiger partial charge in [0, 0.05) is 31.0 Å². The summed E-state index contributed by atoms with van der Waals surface area (Å²) in [5, 5.41) is 8.41. The van der Waals surface area contributed by atoms with Gasteiger partial charge in [-0.2, -0.15) is 4.98 Å². The summed E-state index contributed by atoms with van der Waals surface area (Å²) < 4.78 is 22.1. The molecule has 0 saturated heterocycles. The van der Waals surface area contributed by atoms with Crippen LogP contribution < -0.4 is 14.8 Å². The van der Waals surface area contributed by atoms with E-state index < -0.39 is 0 Å². The van der Waals surface area contributed by atoms with E-state index >= 15 is 0 Å². The molecule has 0 amide bonds. The second kappa shape index (κ2) is 11.3. The molecule has 0 bridgehead atoms. The van der Waals surface area contributed by atoms with Crippen LogP contribution in [0.5, 0.6) is 11.5 Å². The van der Waals surface area contributed by atoms with Crippen LogP contribution in [0.3, 0.4) is 0 Å². The molecule has 2 aromatic carbocycles. The van der Waals surface area contributed by atoms with E-state index in [1.165, 1.54) is 0 Å². The van der Waals surface area contributed by atoms with Crippen LogP contribution in [0, 0.1) is 0 Å². The molecule has 1 aliphatic rings. The number of ether oxygens (including phenoxy) is 3. The molecule has 1 N–H and O–H groups in total. The van der Waals surface area contributed by atoms with Gasteiger partial charge in [-0.3, -0.25) is 0 Å². The van der Waals surface area contributed by atoms with Gasteiger partial charge in [0.15, 0.2) is 16.6 Å². The maximum absolute atomic E-state index is 5.81. The van der Waals surface area contributed by atoms with E-state index in [9.17, 15) is 0 Å². The third-order valence-corrected chi connectivity index (χ3v) is 6.24. The summed E-state index contributed by atoms with van der Waals surface area (Å²) in [5.41, 5.74) is 3.69. The molecule has 3 aromatic rings. The van der Waals surface area contributed by atoms with Crippen molar-refractivity contribution in [1.29, 1.82) is 0 Å². The van der Waals surface area contributed by atoms with Crippen LogP contribution in [0.1, 0.15) is 37.8 Å². The topological polar surface area (TPSA) is 81.9 Å². The lowest BCUT2D eigenvalue weighted by Crippen LogP contribution is -2.46. The first-order valence-corrected chi connectivity index (χ1v) is 12.0. The van der Waals surface area contributed by atoms with Crippen molar-refractivity contribution in [3.8, 4) is 22.9 Å². The zero-order valence-corrected chi connectivity index (χ0v) is 21.2. The Morgan fingerprint density at radius 2 is 1.86 bits per heavy atom. The van der Waals surface area contributed by atoms with Gasteiger partial charge in [0.05, 0.1) is 25.8 Å². The van der Waals surface area contributed by atoms with Crippen molar-refractivity contribution >= 4 is 22.9 Å². The predicted octanol–water partition coefficient (Wildman–Crippen LogP) is 4.84. The third kappa shape index (κ3) is 5.31. The van der Waals surface area contributed by atoms with Crippen LogP contribution in [0.2, 0.25) is 0 Å². The average Bonchev–Trinajstić information content (AvgIpc) is 3.37. The maximum atomic E-state index is 5.81. The minimum atomic E-state index is -0.217. The van der Waals surface area contributed by atoms with Gasteiger partial charge in [0.1, 0.15) is 0 Å². The number of benzene rings is 2. The van der Waals surface area contributed by atoms with E-state index in [0.29, 0.717) is 41.5 Å². The van der Waals surface area contributed by atoms with Gasteiger partial charge in [-0.1, -0.05) is 35.5 Å². The molecule has 0 radical (unpaired) electrons. The number of methoxy groups -OCH3 is 2. The van der Waals surface area contributed by atoms with Crippen molar-refractivity contribution in [2.24, 2.45) is 0 Å². The van der Waals surface area contributed by atoms with Crippen molar-refractivity contribution in [3.05, 3.63) is 65.7 Å². The largest absolute Gasteiger partial charge is 0.493 e. The quantitative estimate of drug-likeness (QED) is 0.314. The number of thiocarbonyl (C=S) groups is 1. The van der Waals surface area contributed by atoms with Crippen LogP contribution in [-0.2, 0) is 4.74 Å². The second-order valence-corrected chi connectivity index (χ2v) is 8.37. The number of hydrogen-bond acceptors (Lipinski definition) is 7. The van der Waals surface area contributed by atoms with Crippen molar-refractivity contribution in [2.45, 2.75) is 26.3 Å². The number of aromatic nitrogens is 2. The summed E-state index contributed by atoms with van der Waals surface area (Å²) in [6.07, 6.45) is 0.844. The number of nitrogens with one attached hydrogen (secondary N) is 1. The molecule has 0 aliphatic carbocycles. The summed E-state index contributed by atoms with van der Waals surface area (Å²) in [6.45, 7) is 6.12. The van der Waals surface area contributed by atoms with E-state index in [0.717, 1.165) is 35.4 Å². The first kappa shape index (κ1) is 24.7. The van der Waals surface area contributed by atoms with Gasteiger partial charge < -0.3 is 29.0 Å². The van der Waals surface area contributed by atoms with Crippen LogP contribution in [-0.4, -0.2) is 54.1 Å². The highest BCUT2D eigenvalue weighted by Crippen LogP contribution is 2.38. The van der Waals surface area contributed by atoms with Crippen LogP contribution >= 0.6 is 12.2 Å². The number of allylic oxidation sites excluding steroid dienone is 1. The standard InChI is InChI=1S/C26H30N4O4S/c1-5-33-15-9-14-30-17(2)22(23(27-26(30)35)18-10-7-6-8-11-18)25-28-24(29-34-25)19-12-13-20(31-3)21(16-19)32-4/h6-8,10-13,16,23H,5,9,14-15H2,1-4H3,(H,27,35). The zero-order valence-electron chi connectivity index (χ0n) is 20.4. The van der Waals surface area contributed by atoms with Crippen LogP contribution in [0.25, 0.3) is 17.0 Å². The Bertz CT molecular complexity index is 1200. The second-order valence-electron chi connectivity index (χ2n) is 7.99. The van der Waals surface area contributed by atoms with Crippen molar-refractivity contribution < 1.29 is 18.7 Å². The fraction of sp³-hybridized carbons (Fsp3) is 0.346. The molecule has 4 rings (SSSR count).